The van der Waals surface area contributed by atoms with Gasteiger partial charge in [0, 0.05) is 62.9 Å². The summed E-state index contributed by atoms with van der Waals surface area (Å²) in [6.45, 7) is 10.6. The van der Waals surface area contributed by atoms with E-state index < -0.39 is 169 Å². The van der Waals surface area contributed by atoms with Gasteiger partial charge in [-0.1, -0.05) is 46.2 Å². The van der Waals surface area contributed by atoms with Gasteiger partial charge in [0.2, 0.25) is 35.4 Å². The van der Waals surface area contributed by atoms with Crippen LogP contribution in [0.15, 0.2) is 34.3 Å². The molecule has 0 aliphatic carbocycles. The number of phenols is 1. The average molecular weight is 1260 g/mol. The third kappa shape index (κ3) is 32.2. The molecule has 1 rings (SSSR count). The number of aliphatic imine (C=N–C) groups is 2. The summed E-state index contributed by atoms with van der Waals surface area (Å²) in [6.07, 6.45) is -3.85. The Labute approximate surface area is 520 Å². The van der Waals surface area contributed by atoms with Gasteiger partial charge < -0.3 is 86.2 Å². The first-order valence-electron chi connectivity index (χ1n) is 30.2. The Balaban J connectivity index is 3.51. The van der Waals surface area contributed by atoms with Gasteiger partial charge in [-0.25, -0.2) is 0 Å². The molecule has 0 bridgehead atoms. The number of aliphatic carboxylic acids is 1. The smallest absolute Gasteiger partial charge is 0.305 e. The molecule has 29 heteroatoms. The number of guanidine groups is 2. The molecule has 1 aromatic rings. The van der Waals surface area contributed by atoms with Gasteiger partial charge in [-0.05, 0) is 115 Å². The van der Waals surface area contributed by atoms with Gasteiger partial charge in [-0.2, -0.15) is 0 Å². The Morgan fingerprint density at radius 2 is 0.966 bits per heavy atom. The van der Waals surface area contributed by atoms with Crippen molar-refractivity contribution in [3.8, 4) is 5.75 Å². The fourth-order valence-electron chi connectivity index (χ4n) is 9.83. The average Bonchev–Trinajstić information content (AvgIpc) is 2.29. The van der Waals surface area contributed by atoms with Gasteiger partial charge in [0.25, 0.3) is 0 Å². The monoisotopic (exact) mass is 1260 g/mol. The largest absolute Gasteiger partial charge is 0.508 e. The maximum atomic E-state index is 14.5. The number of nitrogens with one attached hydrogen (secondary N) is 5. The van der Waals surface area contributed by atoms with Crippen LogP contribution in [0, 0.1) is 41.4 Å². The molecule has 0 spiro atoms. The van der Waals surface area contributed by atoms with Crippen LogP contribution in [0.1, 0.15) is 150 Å². The van der Waals surface area contributed by atoms with E-state index >= 15 is 0 Å². The number of nitrogens with zero attached hydrogens (tertiary/aromatic N) is 2. The minimum absolute atomic E-state index is 0.0144. The van der Waals surface area contributed by atoms with Gasteiger partial charge in [0.15, 0.2) is 35.1 Å². The number of nitrogens with two attached hydrogens (primary N) is 6. The number of phenolic OH excluding ortho intramolecular Hbond substituents is 1. The summed E-state index contributed by atoms with van der Waals surface area (Å²) in [5.74, 6) is -16.7. The van der Waals surface area contributed by atoms with E-state index in [4.69, 9.17) is 34.4 Å². The lowest BCUT2D eigenvalue weighted by Gasteiger charge is -2.27. The molecule has 11 atom stereocenters. The molecule has 89 heavy (non-hydrogen) atoms. The highest BCUT2D eigenvalue weighted by atomic mass is 16.4. The van der Waals surface area contributed by atoms with E-state index in [1.54, 1.807) is 0 Å². The highest BCUT2D eigenvalue weighted by Crippen LogP contribution is 2.23. The fraction of sp³-hybridized carbons (Fsp3) is 0.667. The van der Waals surface area contributed by atoms with Crippen molar-refractivity contribution in [3.05, 3.63) is 29.8 Å². The SMILES string of the molecule is CC(=O)C[C@@H](CC(C)C)C(=O)N[C@@H](CCCN=C(N)N)C(=O)C[C@@H](CO)C(=O)N[C@@H](C)C(=O)C[C@H](C(=O)N[C@@H](CC(=O)O)C(=O)C[C@@H](CCCCN)C(=O)N[C@@H](Cc1ccc(O)cc1)C(=O)C[C@@H](CCCN=C(N)N)C(=O)N[C@@H](CC(C)C)C(N)=O)[C@@H](C)O. The van der Waals surface area contributed by atoms with Crippen LogP contribution in [-0.4, -0.2) is 165 Å². The van der Waals surface area contributed by atoms with Crippen LogP contribution in [0.5, 0.6) is 5.75 Å². The third-order valence-corrected chi connectivity index (χ3v) is 14.7. The zero-order chi connectivity index (χ0) is 67.7. The van der Waals surface area contributed by atoms with Gasteiger partial charge in [-0.3, -0.25) is 62.7 Å². The number of carbonyl (C=O) groups is 12. The van der Waals surface area contributed by atoms with E-state index in [0.29, 0.717) is 18.4 Å². The third-order valence-electron chi connectivity index (χ3n) is 14.7. The summed E-state index contributed by atoms with van der Waals surface area (Å²) in [6, 6.07) is -1.20. The number of aliphatic hydroxyl groups is 2. The molecule has 29 nitrogen and oxygen atoms in total. The molecule has 0 fully saturated rings. The Hall–Kier alpha value is -7.92. The first-order chi connectivity index (χ1) is 41.7. The number of Topliss-reactive ketones (excluding diaryl/α,β-unsaturated/α-hetero) is 5. The van der Waals surface area contributed by atoms with Crippen molar-refractivity contribution < 1.29 is 78.0 Å². The molecule has 0 aromatic heterocycles. The predicted molar refractivity (Wildman–Crippen MR) is 330 cm³/mol. The first kappa shape index (κ1) is 79.1. The minimum Gasteiger partial charge on any atom is -0.508 e. The molecule has 1 aromatic carbocycles. The standard InChI is InChI=1S/C60H99N13O16/c1-32(2)22-40(24-34(5)75)56(87)70-44(14-11-21-68-60(65)66)49(79)28-41(31-74)57(88)69-35(6)48(78)29-43(36(7)76)58(89)72-46(30-52(82)83)51(81)26-38(12-8-9-19-61)54(85)71-45(25-37-15-17-42(77)18-16-37)50(80)27-39(13-10-20-67-59(63)64)55(86)73-47(53(62)84)23-33(3)4/h15-18,32-33,35-36,38-41,43-47,74,76-77H,8-14,19-31,61H2,1-7H3,(H2,62,84)(H,69,88)(H,70,87)(H,71,85)(H,72,89)(H,73,86)(H,82,83)(H4,63,64,67)(H4,65,66,68)/t35-,36+,38+,39+,40+,41-,43-,44-,45-,46-,47-/m0/s1. The number of rotatable bonds is 47. The molecule has 0 saturated heterocycles. The van der Waals surface area contributed by atoms with E-state index in [-0.39, 0.29) is 113 Å². The molecule has 500 valence electrons. The molecule has 0 unspecified atom stereocenters. The van der Waals surface area contributed by atoms with E-state index in [1.165, 1.54) is 38.1 Å². The van der Waals surface area contributed by atoms with Crippen LogP contribution in [0.4, 0.5) is 0 Å². The number of carboxylic acids is 1. The molecular formula is C60H99N13O16. The zero-order valence-corrected chi connectivity index (χ0v) is 52.5. The lowest BCUT2D eigenvalue weighted by molar-refractivity contribution is -0.142. The van der Waals surface area contributed by atoms with Gasteiger partial charge in [0.05, 0.1) is 55.1 Å². The zero-order valence-electron chi connectivity index (χ0n) is 52.5. The Bertz CT molecular complexity index is 2590. The number of ketones is 5. The molecule has 0 saturated carbocycles. The normalized spacial score (nSPS) is 15.0. The summed E-state index contributed by atoms with van der Waals surface area (Å²) in [5, 5.41) is 53.9. The van der Waals surface area contributed by atoms with Crippen molar-refractivity contribution in [2.75, 3.05) is 26.2 Å². The van der Waals surface area contributed by atoms with Crippen molar-refractivity contribution in [1.29, 1.82) is 0 Å². The lowest BCUT2D eigenvalue weighted by Crippen LogP contribution is -2.50. The lowest BCUT2D eigenvalue weighted by atomic mass is 9.88. The molecule has 0 aliphatic rings. The van der Waals surface area contributed by atoms with Gasteiger partial charge >= 0.3 is 5.97 Å². The molecular weight excluding hydrogens is 1160 g/mol. The highest BCUT2D eigenvalue weighted by Gasteiger charge is 2.37. The summed E-state index contributed by atoms with van der Waals surface area (Å²) in [4.78, 5) is 170. The van der Waals surface area contributed by atoms with E-state index in [2.05, 4.69) is 36.6 Å². The summed E-state index contributed by atoms with van der Waals surface area (Å²) in [5.41, 5.74) is 33.7. The Kier molecular flexibility index (Phi) is 36.7. The number of carbonyl (C=O) groups excluding carboxylic acids is 11. The number of aliphatic hydroxyl groups excluding tert-OH is 2. The number of hydrogen-bond donors (Lipinski definition) is 15. The Morgan fingerprint density at radius 3 is 1.45 bits per heavy atom. The molecule has 0 radical (unpaired) electrons. The quantitative estimate of drug-likeness (QED) is 0.0210. The van der Waals surface area contributed by atoms with Crippen LogP contribution < -0.4 is 61.0 Å². The van der Waals surface area contributed by atoms with Crippen molar-refractivity contribution >= 4 is 82.2 Å². The van der Waals surface area contributed by atoms with Crippen LogP contribution in [0.3, 0.4) is 0 Å². The number of benzene rings is 1. The number of aromatic hydroxyl groups is 1. The molecule has 0 heterocycles. The molecule has 6 amide bonds. The number of carboxylic acid groups (broad SMARTS) is 1. The van der Waals surface area contributed by atoms with Gasteiger partial charge in [0.1, 0.15) is 17.6 Å². The summed E-state index contributed by atoms with van der Waals surface area (Å²) < 4.78 is 0. The van der Waals surface area contributed by atoms with Crippen molar-refractivity contribution in [2.45, 2.75) is 188 Å². The van der Waals surface area contributed by atoms with Crippen molar-refractivity contribution in [1.82, 2.24) is 26.6 Å². The van der Waals surface area contributed by atoms with Gasteiger partial charge in [-0.15, -0.1) is 0 Å². The minimum atomic E-state index is -1.84. The second kappa shape index (κ2) is 41.3. The molecule has 21 N–H and O–H groups in total. The van der Waals surface area contributed by atoms with Crippen LogP contribution >= 0.6 is 0 Å². The van der Waals surface area contributed by atoms with Crippen molar-refractivity contribution in [3.63, 3.8) is 0 Å². The highest BCUT2D eigenvalue weighted by molar-refractivity contribution is 5.99. The van der Waals surface area contributed by atoms with E-state index in [0.717, 1.165) is 6.92 Å². The van der Waals surface area contributed by atoms with Crippen molar-refractivity contribution in [2.24, 2.45) is 85.8 Å². The van der Waals surface area contributed by atoms with Crippen LogP contribution in [0.25, 0.3) is 0 Å². The molecule has 0 aliphatic heterocycles. The first-order valence-corrected chi connectivity index (χ1v) is 30.2. The maximum absolute atomic E-state index is 14.5. The number of unbranched alkanes of at least 4 members (excludes halogenated alkanes) is 1. The van der Waals surface area contributed by atoms with E-state index in [1.807, 2.05) is 27.7 Å². The van der Waals surface area contributed by atoms with Crippen LogP contribution in [0.2, 0.25) is 0 Å². The number of amides is 6. The topological polar surface area (TPSA) is 527 Å². The number of primary amides is 1. The summed E-state index contributed by atoms with van der Waals surface area (Å²) >= 11 is 0. The predicted octanol–water partition coefficient (Wildman–Crippen LogP) is -1.06. The fourth-order valence-corrected chi connectivity index (χ4v) is 9.83. The summed E-state index contributed by atoms with van der Waals surface area (Å²) in [7, 11) is 0. The second-order valence-corrected chi connectivity index (χ2v) is 23.7. The van der Waals surface area contributed by atoms with E-state index in [9.17, 15) is 78.0 Å². The Morgan fingerprint density at radius 1 is 0.506 bits per heavy atom. The maximum Gasteiger partial charge on any atom is 0.305 e. The second-order valence-electron chi connectivity index (χ2n) is 23.7. The number of hydrogen-bond acceptors (Lipinski definition) is 18. The van der Waals surface area contributed by atoms with Crippen LogP contribution in [-0.2, 0) is 64.0 Å².